The fraction of sp³-hybridized carbons (Fsp3) is 0.571. The second-order valence-electron chi connectivity index (χ2n) is 5.13. The Balaban J connectivity index is 1.99. The van der Waals surface area contributed by atoms with Gasteiger partial charge in [-0.15, -0.1) is 0 Å². The van der Waals surface area contributed by atoms with Crippen LogP contribution in [0.15, 0.2) is 16.6 Å². The van der Waals surface area contributed by atoms with Gasteiger partial charge in [0.2, 0.25) is 0 Å². The molecule has 0 spiro atoms. The van der Waals surface area contributed by atoms with Gasteiger partial charge in [0, 0.05) is 30.3 Å². The van der Waals surface area contributed by atoms with Gasteiger partial charge in [0.05, 0.1) is 5.69 Å². The van der Waals surface area contributed by atoms with E-state index in [-0.39, 0.29) is 0 Å². The van der Waals surface area contributed by atoms with Gasteiger partial charge in [-0.2, -0.15) is 0 Å². The summed E-state index contributed by atoms with van der Waals surface area (Å²) in [4.78, 5) is 4.84. The van der Waals surface area contributed by atoms with Crippen molar-refractivity contribution in [3.8, 4) is 0 Å². The normalized spacial score (nSPS) is 16.2. The predicted octanol–water partition coefficient (Wildman–Crippen LogP) is 2.87. The Hall–Kier alpha value is -0.740. The Morgan fingerprint density at radius 1 is 1.33 bits per heavy atom. The lowest BCUT2D eigenvalue weighted by Gasteiger charge is -2.24. The number of nitrogen functional groups attached to an aromatic ring is 1. The molecular formula is C14H22BrN3. The van der Waals surface area contributed by atoms with Crippen molar-refractivity contribution >= 4 is 27.3 Å². The van der Waals surface area contributed by atoms with Crippen LogP contribution in [-0.2, 0) is 0 Å². The summed E-state index contributed by atoms with van der Waals surface area (Å²) in [6.45, 7) is 6.78. The van der Waals surface area contributed by atoms with Crippen LogP contribution in [0, 0.1) is 6.92 Å². The van der Waals surface area contributed by atoms with Gasteiger partial charge < -0.3 is 15.5 Å². The molecule has 0 saturated carbocycles. The van der Waals surface area contributed by atoms with Crippen LogP contribution in [0.3, 0.4) is 0 Å². The number of hydrogen-bond donors (Lipinski definition) is 1. The highest BCUT2D eigenvalue weighted by Crippen LogP contribution is 2.30. The van der Waals surface area contributed by atoms with E-state index in [4.69, 9.17) is 5.73 Å². The summed E-state index contributed by atoms with van der Waals surface area (Å²) in [5.41, 5.74) is 9.12. The lowest BCUT2D eigenvalue weighted by atomic mass is 10.1. The molecule has 1 aromatic rings. The predicted molar refractivity (Wildman–Crippen MR) is 82.2 cm³/mol. The van der Waals surface area contributed by atoms with Crippen LogP contribution < -0.4 is 10.6 Å². The first-order valence-corrected chi connectivity index (χ1v) is 7.36. The molecule has 3 nitrogen and oxygen atoms in total. The zero-order valence-electron chi connectivity index (χ0n) is 11.2. The maximum Gasteiger partial charge on any atom is 0.0512 e. The van der Waals surface area contributed by atoms with E-state index in [0.717, 1.165) is 28.8 Å². The van der Waals surface area contributed by atoms with E-state index >= 15 is 0 Å². The molecule has 0 atom stereocenters. The Kier molecular flexibility index (Phi) is 4.51. The summed E-state index contributed by atoms with van der Waals surface area (Å²) < 4.78 is 1.08. The minimum Gasteiger partial charge on any atom is -0.398 e. The van der Waals surface area contributed by atoms with Gasteiger partial charge in [-0.3, -0.25) is 0 Å². The number of rotatable bonds is 4. The number of halogens is 1. The molecule has 18 heavy (non-hydrogen) atoms. The van der Waals surface area contributed by atoms with E-state index in [1.165, 1.54) is 31.6 Å². The van der Waals surface area contributed by atoms with Gasteiger partial charge >= 0.3 is 0 Å². The summed E-state index contributed by atoms with van der Waals surface area (Å²) in [6.07, 6.45) is 2.71. The molecule has 1 aliphatic heterocycles. The Morgan fingerprint density at radius 2 is 2.00 bits per heavy atom. The first kappa shape index (κ1) is 13.7. The second-order valence-corrected chi connectivity index (χ2v) is 5.98. The molecule has 0 amide bonds. The molecule has 1 aliphatic rings. The largest absolute Gasteiger partial charge is 0.398 e. The number of aryl methyl sites for hydroxylation is 1. The Bertz CT molecular complexity index is 414. The average Bonchev–Trinajstić information content (AvgIpc) is 2.84. The summed E-state index contributed by atoms with van der Waals surface area (Å²) >= 11 is 3.60. The lowest BCUT2D eigenvalue weighted by Crippen LogP contribution is -2.31. The highest BCUT2D eigenvalue weighted by Gasteiger charge is 2.13. The van der Waals surface area contributed by atoms with E-state index in [9.17, 15) is 0 Å². The molecule has 4 heteroatoms. The third kappa shape index (κ3) is 3.18. The van der Waals surface area contributed by atoms with Gasteiger partial charge in [-0.25, -0.2) is 0 Å². The molecule has 2 rings (SSSR count). The minimum absolute atomic E-state index is 0.846. The van der Waals surface area contributed by atoms with Crippen molar-refractivity contribution in [1.29, 1.82) is 0 Å². The highest BCUT2D eigenvalue weighted by molar-refractivity contribution is 9.10. The fourth-order valence-corrected chi connectivity index (χ4v) is 3.06. The van der Waals surface area contributed by atoms with E-state index in [1.54, 1.807) is 0 Å². The van der Waals surface area contributed by atoms with Crippen molar-refractivity contribution in [2.24, 2.45) is 0 Å². The molecule has 1 aromatic carbocycles. The summed E-state index contributed by atoms with van der Waals surface area (Å²) in [5, 5.41) is 0. The van der Waals surface area contributed by atoms with Crippen molar-refractivity contribution in [2.45, 2.75) is 19.8 Å². The van der Waals surface area contributed by atoms with Crippen LogP contribution in [0.25, 0.3) is 0 Å². The maximum absolute atomic E-state index is 5.91. The Morgan fingerprint density at radius 3 is 2.67 bits per heavy atom. The van der Waals surface area contributed by atoms with Crippen LogP contribution in [0.1, 0.15) is 18.4 Å². The number of anilines is 2. The smallest absolute Gasteiger partial charge is 0.0512 e. The third-order valence-electron chi connectivity index (χ3n) is 3.70. The number of hydrogen-bond acceptors (Lipinski definition) is 3. The second kappa shape index (κ2) is 5.93. The molecular weight excluding hydrogens is 290 g/mol. The van der Waals surface area contributed by atoms with Crippen molar-refractivity contribution in [3.05, 3.63) is 22.2 Å². The number of nitrogens with two attached hydrogens (primary N) is 1. The van der Waals surface area contributed by atoms with Crippen LogP contribution >= 0.6 is 15.9 Å². The van der Waals surface area contributed by atoms with Gasteiger partial charge in [0.25, 0.3) is 0 Å². The molecule has 2 N–H and O–H groups in total. The monoisotopic (exact) mass is 311 g/mol. The van der Waals surface area contributed by atoms with Crippen LogP contribution in [0.5, 0.6) is 0 Å². The number of nitrogens with zero attached hydrogens (tertiary/aromatic N) is 2. The molecule has 0 unspecified atom stereocenters. The molecule has 0 aromatic heterocycles. The molecule has 100 valence electrons. The zero-order valence-corrected chi connectivity index (χ0v) is 12.8. The fourth-order valence-electron chi connectivity index (χ4n) is 2.39. The Labute approximate surface area is 118 Å². The highest BCUT2D eigenvalue weighted by atomic mass is 79.9. The van der Waals surface area contributed by atoms with Crippen molar-refractivity contribution in [1.82, 2.24) is 4.90 Å². The molecule has 0 aliphatic carbocycles. The quantitative estimate of drug-likeness (QED) is 0.868. The van der Waals surface area contributed by atoms with Crippen LogP contribution in [0.2, 0.25) is 0 Å². The third-order valence-corrected chi connectivity index (χ3v) is 4.33. The van der Waals surface area contributed by atoms with Crippen LogP contribution in [0.4, 0.5) is 11.4 Å². The van der Waals surface area contributed by atoms with E-state index in [0.29, 0.717) is 0 Å². The first-order chi connectivity index (χ1) is 8.58. The molecule has 0 bridgehead atoms. The van der Waals surface area contributed by atoms with Gasteiger partial charge in [0.1, 0.15) is 0 Å². The van der Waals surface area contributed by atoms with Gasteiger partial charge in [0.15, 0.2) is 0 Å². The van der Waals surface area contributed by atoms with Gasteiger partial charge in [-0.05, 0) is 66.5 Å². The zero-order chi connectivity index (χ0) is 13.1. The lowest BCUT2D eigenvalue weighted by molar-refractivity contribution is 0.346. The van der Waals surface area contributed by atoms with E-state index in [2.05, 4.69) is 45.8 Å². The molecule has 1 heterocycles. The number of likely N-dealkylation sites (N-methyl/N-ethyl adjacent to an activating group) is 1. The summed E-state index contributed by atoms with van der Waals surface area (Å²) in [6, 6.07) is 4.15. The van der Waals surface area contributed by atoms with Crippen LogP contribution in [-0.4, -0.2) is 38.1 Å². The number of likely N-dealkylation sites (tertiary alicyclic amines) is 1. The summed E-state index contributed by atoms with van der Waals surface area (Å²) in [5.74, 6) is 0. The van der Waals surface area contributed by atoms with Crippen molar-refractivity contribution < 1.29 is 0 Å². The van der Waals surface area contributed by atoms with Crippen molar-refractivity contribution in [3.63, 3.8) is 0 Å². The molecule has 0 radical (unpaired) electrons. The molecule has 1 saturated heterocycles. The van der Waals surface area contributed by atoms with E-state index in [1.807, 2.05) is 6.07 Å². The van der Waals surface area contributed by atoms with Crippen molar-refractivity contribution in [2.75, 3.05) is 43.9 Å². The molecule has 1 fully saturated rings. The average molecular weight is 312 g/mol. The van der Waals surface area contributed by atoms with Gasteiger partial charge in [-0.1, -0.05) is 0 Å². The topological polar surface area (TPSA) is 32.5 Å². The summed E-state index contributed by atoms with van der Waals surface area (Å²) in [7, 11) is 2.14. The SMILES string of the molecule is Cc1cc(N(C)CCN2CCCC2)c(Br)cc1N. The maximum atomic E-state index is 5.91. The van der Waals surface area contributed by atoms with E-state index < -0.39 is 0 Å². The number of benzene rings is 1. The standard InChI is InChI=1S/C14H22BrN3/c1-11-9-14(12(15)10-13(11)16)17(2)7-8-18-5-3-4-6-18/h9-10H,3-8,16H2,1-2H3. The minimum atomic E-state index is 0.846. The first-order valence-electron chi connectivity index (χ1n) is 6.57.